The van der Waals surface area contributed by atoms with Gasteiger partial charge in [-0.05, 0) is 12.8 Å². The Kier molecular flexibility index (Phi) is 5.94. The maximum absolute atomic E-state index is 12.7. The fraction of sp³-hybridized carbons (Fsp3) is 0.643. The molecule has 3 N–H and O–H groups in total. The fourth-order valence-electron chi connectivity index (χ4n) is 2.80. The third-order valence-electron chi connectivity index (χ3n) is 3.84. The Bertz CT molecular complexity index is 665. The number of aromatic amines is 1. The molecule has 1 aliphatic heterocycles. The number of piperidine rings is 1. The Labute approximate surface area is 141 Å². The van der Waals surface area contributed by atoms with E-state index in [2.05, 4.69) is 20.0 Å². The van der Waals surface area contributed by atoms with Crippen molar-refractivity contribution in [3.8, 4) is 0 Å². The molecule has 0 saturated carbocycles. The Morgan fingerprint density at radius 3 is 2.58 bits per heavy atom. The van der Waals surface area contributed by atoms with Crippen LogP contribution in [0.1, 0.15) is 25.5 Å². The van der Waals surface area contributed by atoms with Crippen molar-refractivity contribution < 1.29 is 18.0 Å². The number of likely N-dealkylation sites (tertiary alicyclic amines) is 1. The fourth-order valence-corrected chi connectivity index (χ4v) is 3.64. The Hall–Kier alpha value is -1.94. The second kappa shape index (κ2) is 7.75. The second-order valence-electron chi connectivity index (χ2n) is 6.02. The van der Waals surface area contributed by atoms with Crippen molar-refractivity contribution in [2.75, 3.05) is 19.3 Å². The van der Waals surface area contributed by atoms with E-state index in [9.17, 15) is 18.0 Å². The number of nitrogens with zero attached hydrogens (tertiary/aromatic N) is 2. The topological polar surface area (TPSA) is 124 Å². The number of carbonyl (C=O) groups is 2. The van der Waals surface area contributed by atoms with Gasteiger partial charge in [-0.1, -0.05) is 0 Å². The highest BCUT2D eigenvalue weighted by atomic mass is 32.2. The van der Waals surface area contributed by atoms with Crippen molar-refractivity contribution in [2.45, 2.75) is 38.3 Å². The minimum Gasteiger partial charge on any atom is -0.348 e. The summed E-state index contributed by atoms with van der Waals surface area (Å²) in [6.45, 7) is 2.27. The first-order chi connectivity index (χ1) is 11.2. The number of hydrogen-bond donors (Lipinski definition) is 3. The first kappa shape index (κ1) is 18.4. The molecule has 2 rings (SSSR count). The average Bonchev–Trinajstić information content (AvgIpc) is 2.97. The third-order valence-corrected chi connectivity index (χ3v) is 4.60. The molecule has 0 spiro atoms. The van der Waals surface area contributed by atoms with E-state index in [0.29, 0.717) is 32.4 Å². The van der Waals surface area contributed by atoms with Gasteiger partial charge in [0.15, 0.2) is 0 Å². The van der Waals surface area contributed by atoms with E-state index >= 15 is 0 Å². The zero-order valence-corrected chi connectivity index (χ0v) is 14.6. The van der Waals surface area contributed by atoms with Crippen LogP contribution in [0.4, 0.5) is 0 Å². The van der Waals surface area contributed by atoms with Gasteiger partial charge in [-0.3, -0.25) is 9.59 Å². The first-order valence-electron chi connectivity index (χ1n) is 7.75. The van der Waals surface area contributed by atoms with E-state index in [4.69, 9.17) is 0 Å². The lowest BCUT2D eigenvalue weighted by atomic mass is 10.0. The number of H-pyrrole nitrogens is 1. The number of imidazole rings is 1. The van der Waals surface area contributed by atoms with Gasteiger partial charge in [0.05, 0.1) is 12.6 Å². The molecule has 0 radical (unpaired) electrons. The number of carbonyl (C=O) groups excluding carboxylic acids is 2. The van der Waals surface area contributed by atoms with Gasteiger partial charge in [-0.25, -0.2) is 18.1 Å². The molecule has 24 heavy (non-hydrogen) atoms. The summed E-state index contributed by atoms with van der Waals surface area (Å²) in [6.07, 6.45) is 5.70. The Balaban J connectivity index is 1.96. The summed E-state index contributed by atoms with van der Waals surface area (Å²) in [5.74, 6) is -0.445. The Morgan fingerprint density at radius 2 is 2.08 bits per heavy atom. The molecule has 0 unspecified atom stereocenters. The van der Waals surface area contributed by atoms with E-state index in [1.807, 2.05) is 0 Å². The highest BCUT2D eigenvalue weighted by Crippen LogP contribution is 2.13. The van der Waals surface area contributed by atoms with Gasteiger partial charge < -0.3 is 15.2 Å². The lowest BCUT2D eigenvalue weighted by molar-refractivity contribution is -0.137. The van der Waals surface area contributed by atoms with Crippen molar-refractivity contribution >= 4 is 21.8 Å². The lowest BCUT2D eigenvalue weighted by Crippen LogP contribution is -2.53. The molecule has 1 atom stereocenters. The van der Waals surface area contributed by atoms with Crippen LogP contribution in [0.25, 0.3) is 0 Å². The normalized spacial score (nSPS) is 17.5. The number of aromatic nitrogens is 2. The quantitative estimate of drug-likeness (QED) is 0.602. The van der Waals surface area contributed by atoms with Crippen LogP contribution in [-0.4, -0.2) is 66.5 Å². The van der Waals surface area contributed by atoms with Crippen molar-refractivity contribution in [3.05, 3.63) is 18.2 Å². The summed E-state index contributed by atoms with van der Waals surface area (Å²) in [5, 5.41) is 2.68. The molecule has 0 aliphatic carbocycles. The van der Waals surface area contributed by atoms with Gasteiger partial charge in [0.1, 0.15) is 6.04 Å². The molecule has 10 heteroatoms. The predicted octanol–water partition coefficient (Wildman–Crippen LogP) is -1.00. The summed E-state index contributed by atoms with van der Waals surface area (Å²) in [7, 11) is -3.25. The van der Waals surface area contributed by atoms with Gasteiger partial charge >= 0.3 is 0 Å². The predicted molar refractivity (Wildman–Crippen MR) is 87.5 cm³/mol. The first-order valence-corrected chi connectivity index (χ1v) is 9.64. The minimum absolute atomic E-state index is 0.157. The molecule has 0 bridgehead atoms. The summed E-state index contributed by atoms with van der Waals surface area (Å²) in [4.78, 5) is 32.6. The van der Waals surface area contributed by atoms with E-state index in [1.165, 1.54) is 13.3 Å². The zero-order chi connectivity index (χ0) is 17.7. The average molecular weight is 357 g/mol. The molecular weight excluding hydrogens is 334 g/mol. The van der Waals surface area contributed by atoms with Crippen LogP contribution in [0.2, 0.25) is 0 Å². The number of nitrogens with one attached hydrogen (secondary N) is 3. The maximum atomic E-state index is 12.7. The molecule has 134 valence electrons. The van der Waals surface area contributed by atoms with Gasteiger partial charge in [0.25, 0.3) is 0 Å². The van der Waals surface area contributed by atoms with Crippen LogP contribution in [0, 0.1) is 0 Å². The molecule has 1 aromatic rings. The van der Waals surface area contributed by atoms with Gasteiger partial charge in [-0.2, -0.15) is 0 Å². The monoisotopic (exact) mass is 357 g/mol. The highest BCUT2D eigenvalue weighted by molar-refractivity contribution is 7.88. The molecular formula is C14H23N5O4S. The van der Waals surface area contributed by atoms with Gasteiger partial charge in [0.2, 0.25) is 21.8 Å². The SMILES string of the molecule is CC(=O)N[C@@H](Cc1cnc[nH]1)C(=O)N1CCC(NS(C)(=O)=O)CC1. The van der Waals surface area contributed by atoms with E-state index in [-0.39, 0.29) is 17.9 Å². The van der Waals surface area contributed by atoms with Crippen molar-refractivity contribution in [1.29, 1.82) is 0 Å². The number of hydrogen-bond acceptors (Lipinski definition) is 5. The molecule has 2 amide bonds. The number of amides is 2. The zero-order valence-electron chi connectivity index (χ0n) is 13.8. The third kappa shape index (κ3) is 5.60. The van der Waals surface area contributed by atoms with Crippen LogP contribution >= 0.6 is 0 Å². The maximum Gasteiger partial charge on any atom is 0.245 e. The number of sulfonamides is 1. The molecule has 1 aromatic heterocycles. The largest absolute Gasteiger partial charge is 0.348 e. The molecule has 1 aliphatic rings. The van der Waals surface area contributed by atoms with E-state index < -0.39 is 16.1 Å². The molecule has 2 heterocycles. The molecule has 1 fully saturated rings. The number of rotatable bonds is 6. The van der Waals surface area contributed by atoms with E-state index in [0.717, 1.165) is 11.9 Å². The lowest BCUT2D eigenvalue weighted by Gasteiger charge is -2.34. The Morgan fingerprint density at radius 1 is 1.42 bits per heavy atom. The smallest absolute Gasteiger partial charge is 0.245 e. The highest BCUT2D eigenvalue weighted by Gasteiger charge is 2.30. The van der Waals surface area contributed by atoms with Crippen LogP contribution in [0.5, 0.6) is 0 Å². The van der Waals surface area contributed by atoms with Crippen molar-refractivity contribution in [1.82, 2.24) is 24.9 Å². The van der Waals surface area contributed by atoms with Crippen LogP contribution in [0.3, 0.4) is 0 Å². The van der Waals surface area contributed by atoms with Gasteiger partial charge in [-0.15, -0.1) is 0 Å². The summed E-state index contributed by atoms with van der Waals surface area (Å²) in [6, 6.07) is -0.821. The van der Waals surface area contributed by atoms with Crippen molar-refractivity contribution in [2.24, 2.45) is 0 Å². The van der Waals surface area contributed by atoms with E-state index in [1.54, 1.807) is 11.1 Å². The molecule has 0 aromatic carbocycles. The summed E-state index contributed by atoms with van der Waals surface area (Å²) < 4.78 is 25.1. The second-order valence-corrected chi connectivity index (χ2v) is 7.80. The standard InChI is InChI=1S/C14H23N5O4S/c1-10(20)17-13(7-12-8-15-9-16-12)14(21)19-5-3-11(4-6-19)18-24(2,22)23/h8-9,11,13,18H,3-7H2,1-2H3,(H,15,16)(H,17,20)/t13-/m0/s1. The summed E-state index contributed by atoms with van der Waals surface area (Å²) in [5.41, 5.74) is 0.760. The van der Waals surface area contributed by atoms with Crippen molar-refractivity contribution in [3.63, 3.8) is 0 Å². The van der Waals surface area contributed by atoms with Gasteiger partial charge in [0, 0.05) is 44.4 Å². The molecule has 1 saturated heterocycles. The minimum atomic E-state index is -3.25. The van der Waals surface area contributed by atoms with Crippen LogP contribution in [0.15, 0.2) is 12.5 Å². The molecule has 9 nitrogen and oxygen atoms in total. The summed E-state index contributed by atoms with van der Waals surface area (Å²) >= 11 is 0. The van der Waals surface area contributed by atoms with Crippen LogP contribution in [-0.2, 0) is 26.0 Å². The van der Waals surface area contributed by atoms with Crippen LogP contribution < -0.4 is 10.0 Å².